The van der Waals surface area contributed by atoms with Gasteiger partial charge in [0.2, 0.25) is 0 Å². The van der Waals surface area contributed by atoms with Crippen LogP contribution in [0.1, 0.15) is 52.0 Å². The second-order valence-corrected chi connectivity index (χ2v) is 8.25. The maximum absolute atomic E-state index is 13.2. The first-order valence-electron chi connectivity index (χ1n) is 10.8. The summed E-state index contributed by atoms with van der Waals surface area (Å²) in [6.45, 7) is 2.42. The van der Waals surface area contributed by atoms with Gasteiger partial charge in [-0.05, 0) is 44.3 Å². The Bertz CT molecular complexity index is 1080. The first-order chi connectivity index (χ1) is 16.2. The molecule has 1 heterocycles. The van der Waals surface area contributed by atoms with E-state index >= 15 is 0 Å². The number of halogens is 1. The van der Waals surface area contributed by atoms with E-state index in [0.717, 1.165) is 12.1 Å². The van der Waals surface area contributed by atoms with Crippen LogP contribution in [0.25, 0.3) is 0 Å². The molecule has 1 N–H and O–H groups in total. The molecule has 0 aliphatic carbocycles. The standard InChI is InChI=1S/C25H28FNO7/c1-14(28)34-22-13-27(2)10-9-17(22)23-20(32-3)12-21(33-4)24(25(23)31)19(30)11-18(29)15-5-7-16(26)8-6-15/h5-8,12,17,22,31H,9-11,13H2,1-4H3/t17-,22-/m1/s1. The molecule has 1 fully saturated rings. The van der Waals surface area contributed by atoms with Crippen molar-refractivity contribution >= 4 is 17.5 Å². The van der Waals surface area contributed by atoms with Gasteiger partial charge in [0.15, 0.2) is 11.6 Å². The number of hydrogen-bond acceptors (Lipinski definition) is 8. The molecule has 9 heteroatoms. The van der Waals surface area contributed by atoms with Gasteiger partial charge in [-0.3, -0.25) is 14.4 Å². The van der Waals surface area contributed by atoms with Crippen LogP contribution >= 0.6 is 0 Å². The van der Waals surface area contributed by atoms with Crippen LogP contribution in [0.5, 0.6) is 17.2 Å². The molecule has 34 heavy (non-hydrogen) atoms. The molecule has 1 aliphatic rings. The summed E-state index contributed by atoms with van der Waals surface area (Å²) in [5.74, 6) is -2.64. The number of esters is 1. The fraction of sp³-hybridized carbons (Fsp3) is 0.400. The van der Waals surface area contributed by atoms with Gasteiger partial charge in [0.05, 0.1) is 20.6 Å². The first kappa shape index (κ1) is 25.2. The predicted octanol–water partition coefficient (Wildman–Crippen LogP) is 3.36. The number of ether oxygens (including phenoxy) is 3. The lowest BCUT2D eigenvalue weighted by Gasteiger charge is -2.37. The highest BCUT2D eigenvalue weighted by molar-refractivity contribution is 6.15. The molecule has 0 saturated carbocycles. The number of ketones is 2. The number of carbonyl (C=O) groups is 3. The van der Waals surface area contributed by atoms with E-state index in [1.165, 1.54) is 39.3 Å². The fourth-order valence-corrected chi connectivity index (χ4v) is 4.30. The third kappa shape index (κ3) is 5.36. The average molecular weight is 473 g/mol. The smallest absolute Gasteiger partial charge is 0.302 e. The summed E-state index contributed by atoms with van der Waals surface area (Å²) in [6, 6.07) is 6.34. The Kier molecular flexibility index (Phi) is 7.88. The Hall–Kier alpha value is -3.46. The molecule has 1 saturated heterocycles. The summed E-state index contributed by atoms with van der Waals surface area (Å²) < 4.78 is 29.5. The van der Waals surface area contributed by atoms with Gasteiger partial charge in [-0.1, -0.05) is 0 Å². The van der Waals surface area contributed by atoms with E-state index in [9.17, 15) is 23.9 Å². The monoisotopic (exact) mass is 473 g/mol. The lowest BCUT2D eigenvalue weighted by molar-refractivity contribution is -0.149. The van der Waals surface area contributed by atoms with Crippen LogP contribution in [0, 0.1) is 5.82 Å². The topological polar surface area (TPSA) is 102 Å². The third-order valence-electron chi connectivity index (χ3n) is 5.92. The van der Waals surface area contributed by atoms with E-state index in [4.69, 9.17) is 14.2 Å². The number of benzene rings is 2. The predicted molar refractivity (Wildman–Crippen MR) is 121 cm³/mol. The Morgan fingerprint density at radius 1 is 1.09 bits per heavy atom. The molecule has 0 spiro atoms. The zero-order valence-corrected chi connectivity index (χ0v) is 19.6. The molecule has 0 amide bonds. The number of carbonyl (C=O) groups excluding carboxylic acids is 3. The molecule has 2 atom stereocenters. The van der Waals surface area contributed by atoms with Crippen LogP contribution in [-0.4, -0.2) is 68.0 Å². The lowest BCUT2D eigenvalue weighted by Crippen LogP contribution is -2.43. The number of phenolic OH excluding ortho intramolecular Hbond substituents is 1. The number of likely N-dealkylation sites (N-methyl/N-ethyl adjacent to an activating group) is 1. The van der Waals surface area contributed by atoms with Gasteiger partial charge in [0, 0.05) is 36.6 Å². The zero-order valence-electron chi connectivity index (χ0n) is 19.6. The molecule has 0 radical (unpaired) electrons. The van der Waals surface area contributed by atoms with E-state index in [0.29, 0.717) is 25.1 Å². The Morgan fingerprint density at radius 3 is 2.32 bits per heavy atom. The van der Waals surface area contributed by atoms with Crippen LogP contribution in [0.4, 0.5) is 4.39 Å². The van der Waals surface area contributed by atoms with Crippen molar-refractivity contribution in [3.63, 3.8) is 0 Å². The minimum atomic E-state index is -0.662. The van der Waals surface area contributed by atoms with Crippen molar-refractivity contribution < 1.29 is 38.1 Å². The maximum Gasteiger partial charge on any atom is 0.302 e. The second-order valence-electron chi connectivity index (χ2n) is 8.25. The number of aromatic hydroxyl groups is 1. The van der Waals surface area contributed by atoms with Crippen molar-refractivity contribution in [2.24, 2.45) is 0 Å². The minimum absolute atomic E-state index is 0.0481. The lowest BCUT2D eigenvalue weighted by atomic mass is 9.83. The Morgan fingerprint density at radius 2 is 1.74 bits per heavy atom. The molecular weight excluding hydrogens is 445 g/mol. The summed E-state index contributed by atoms with van der Waals surface area (Å²) in [4.78, 5) is 39.5. The number of Topliss-reactive ketones (excluding diaryl/α,β-unsaturated/α-hetero) is 2. The normalized spacial score (nSPS) is 18.3. The first-order valence-corrected chi connectivity index (χ1v) is 10.8. The van der Waals surface area contributed by atoms with Crippen LogP contribution in [0.3, 0.4) is 0 Å². The van der Waals surface area contributed by atoms with Gasteiger partial charge in [-0.15, -0.1) is 0 Å². The highest BCUT2D eigenvalue weighted by Crippen LogP contribution is 2.46. The molecule has 2 aromatic carbocycles. The summed E-state index contributed by atoms with van der Waals surface area (Å²) in [6.07, 6.45) is -0.595. The van der Waals surface area contributed by atoms with Gasteiger partial charge < -0.3 is 24.2 Å². The molecule has 0 bridgehead atoms. The number of rotatable bonds is 8. The van der Waals surface area contributed by atoms with Crippen molar-refractivity contribution in [3.8, 4) is 17.2 Å². The van der Waals surface area contributed by atoms with Crippen LogP contribution in [-0.2, 0) is 9.53 Å². The summed E-state index contributed by atoms with van der Waals surface area (Å²) in [5.41, 5.74) is 0.335. The molecular formula is C25H28FNO7. The van der Waals surface area contributed by atoms with E-state index in [-0.39, 0.29) is 28.4 Å². The Labute approximate surface area is 197 Å². The van der Waals surface area contributed by atoms with Gasteiger partial charge in [-0.2, -0.15) is 0 Å². The zero-order chi connectivity index (χ0) is 25.0. The maximum atomic E-state index is 13.2. The van der Waals surface area contributed by atoms with Crippen molar-refractivity contribution in [2.75, 3.05) is 34.4 Å². The van der Waals surface area contributed by atoms with Crippen molar-refractivity contribution in [3.05, 3.63) is 52.8 Å². The molecule has 182 valence electrons. The van der Waals surface area contributed by atoms with Gasteiger partial charge in [0.25, 0.3) is 0 Å². The van der Waals surface area contributed by atoms with E-state index in [1.54, 1.807) is 0 Å². The quantitative estimate of drug-likeness (QED) is 0.354. The summed E-state index contributed by atoms with van der Waals surface area (Å²) in [7, 11) is 4.66. The third-order valence-corrected chi connectivity index (χ3v) is 5.92. The number of piperidine rings is 1. The van der Waals surface area contributed by atoms with Gasteiger partial charge in [-0.25, -0.2) is 4.39 Å². The van der Waals surface area contributed by atoms with Crippen LogP contribution < -0.4 is 9.47 Å². The van der Waals surface area contributed by atoms with Gasteiger partial charge in [0.1, 0.15) is 34.7 Å². The molecule has 8 nitrogen and oxygen atoms in total. The molecule has 0 unspecified atom stereocenters. The highest BCUT2D eigenvalue weighted by Gasteiger charge is 2.37. The SMILES string of the molecule is COc1cc(OC)c([C@@H]2CCN(C)C[C@H]2OC(C)=O)c(O)c1C(=O)CC(=O)c1ccc(F)cc1. The van der Waals surface area contributed by atoms with E-state index < -0.39 is 41.8 Å². The van der Waals surface area contributed by atoms with Crippen molar-refractivity contribution in [1.82, 2.24) is 4.90 Å². The van der Waals surface area contributed by atoms with E-state index in [2.05, 4.69) is 0 Å². The summed E-state index contributed by atoms with van der Waals surface area (Å²) in [5, 5.41) is 11.3. The number of methoxy groups -OCH3 is 2. The van der Waals surface area contributed by atoms with Gasteiger partial charge >= 0.3 is 5.97 Å². The Balaban J connectivity index is 2.03. The number of likely N-dealkylation sites (tertiary alicyclic amines) is 1. The van der Waals surface area contributed by atoms with Crippen molar-refractivity contribution in [1.29, 1.82) is 0 Å². The summed E-state index contributed by atoms with van der Waals surface area (Å²) >= 11 is 0. The average Bonchev–Trinajstić information content (AvgIpc) is 2.78. The largest absolute Gasteiger partial charge is 0.507 e. The van der Waals surface area contributed by atoms with Crippen molar-refractivity contribution in [2.45, 2.75) is 31.8 Å². The number of phenols is 1. The molecule has 0 aromatic heterocycles. The number of hydrogen-bond donors (Lipinski definition) is 1. The van der Waals surface area contributed by atoms with Crippen LogP contribution in [0.2, 0.25) is 0 Å². The second kappa shape index (κ2) is 10.6. The molecule has 3 rings (SSSR count). The molecule has 2 aromatic rings. The minimum Gasteiger partial charge on any atom is -0.507 e. The molecule has 1 aliphatic heterocycles. The van der Waals surface area contributed by atoms with E-state index in [1.807, 2.05) is 11.9 Å². The van der Waals surface area contributed by atoms with Crippen LogP contribution in [0.15, 0.2) is 30.3 Å². The number of nitrogens with zero attached hydrogens (tertiary/aromatic N) is 1. The highest BCUT2D eigenvalue weighted by atomic mass is 19.1. The fourth-order valence-electron chi connectivity index (χ4n) is 4.30.